The first-order valence-electron chi connectivity index (χ1n) is 3.56. The van der Waals surface area contributed by atoms with Crippen LogP contribution in [-0.2, 0) is 0 Å². The molecule has 0 bridgehead atoms. The minimum atomic E-state index is 1.29. The molecule has 46 valence electrons. The van der Waals surface area contributed by atoms with Crippen molar-refractivity contribution in [2.75, 3.05) is 0 Å². The summed E-state index contributed by atoms with van der Waals surface area (Å²) in [6, 6.07) is 0. The average molecular weight is 110 g/mol. The molecule has 8 heavy (non-hydrogen) atoms. The molecule has 1 aliphatic rings. The molecule has 0 saturated heterocycles. The molecule has 0 atom stereocenters. The first-order valence-corrected chi connectivity index (χ1v) is 3.56. The second-order valence-corrected chi connectivity index (χ2v) is 2.66. The summed E-state index contributed by atoms with van der Waals surface area (Å²) in [6.07, 6.45) is 8.22. The van der Waals surface area contributed by atoms with Crippen LogP contribution in [0, 0.1) is 0 Å². The maximum Gasteiger partial charge on any atom is -0.0323 e. The van der Waals surface area contributed by atoms with Gasteiger partial charge in [-0.3, -0.25) is 0 Å². The highest BCUT2D eigenvalue weighted by molar-refractivity contribution is 4.94. The Labute approximate surface area is 51.6 Å². The van der Waals surface area contributed by atoms with Gasteiger partial charge < -0.3 is 0 Å². The molecule has 0 spiro atoms. The van der Waals surface area contributed by atoms with E-state index in [-0.39, 0.29) is 0 Å². The highest BCUT2D eigenvalue weighted by Crippen LogP contribution is 2.19. The van der Waals surface area contributed by atoms with Crippen molar-refractivity contribution in [1.82, 2.24) is 0 Å². The van der Waals surface area contributed by atoms with Crippen LogP contribution in [0.25, 0.3) is 0 Å². The van der Waals surface area contributed by atoms with Gasteiger partial charge in [-0.1, -0.05) is 25.0 Å². The summed E-state index contributed by atoms with van der Waals surface area (Å²) in [6.45, 7) is 3.97. The number of rotatable bonds is 0. The van der Waals surface area contributed by atoms with Crippen LogP contribution in [0.4, 0.5) is 0 Å². The molecule has 0 radical (unpaired) electrons. The van der Waals surface area contributed by atoms with Crippen molar-refractivity contribution in [1.29, 1.82) is 0 Å². The molecule has 0 aromatic rings. The van der Waals surface area contributed by atoms with Crippen molar-refractivity contribution in [2.45, 2.75) is 38.5 Å². The fourth-order valence-corrected chi connectivity index (χ4v) is 1.23. The lowest BCUT2D eigenvalue weighted by molar-refractivity contribution is 0.702. The predicted molar refractivity (Wildman–Crippen MR) is 36.8 cm³/mol. The van der Waals surface area contributed by atoms with Crippen LogP contribution in [0.2, 0.25) is 0 Å². The smallest absolute Gasteiger partial charge is 0.0323 e. The second kappa shape index (κ2) is 2.91. The van der Waals surface area contributed by atoms with Gasteiger partial charge in [0.2, 0.25) is 0 Å². The summed E-state index contributed by atoms with van der Waals surface area (Å²) in [5.74, 6) is 0. The van der Waals surface area contributed by atoms with E-state index in [0.29, 0.717) is 0 Å². The van der Waals surface area contributed by atoms with E-state index in [0.717, 1.165) is 0 Å². The molecule has 0 nitrogen and oxygen atoms in total. The Morgan fingerprint density at radius 1 is 0.875 bits per heavy atom. The highest BCUT2D eigenvalue weighted by Gasteiger charge is 1.99. The quantitative estimate of drug-likeness (QED) is 0.332. The van der Waals surface area contributed by atoms with Gasteiger partial charge in [-0.2, -0.15) is 0 Å². The van der Waals surface area contributed by atoms with E-state index in [1.807, 2.05) is 0 Å². The molecule has 0 N–H and O–H groups in total. The Bertz CT molecular complexity index is 72.0. The Kier molecular flexibility index (Phi) is 2.13. The minimum Gasteiger partial charge on any atom is -0.0999 e. The fraction of sp³-hybridized carbons (Fsp3) is 0.750. The van der Waals surface area contributed by atoms with Crippen molar-refractivity contribution in [2.24, 2.45) is 0 Å². The summed E-state index contributed by atoms with van der Waals surface area (Å²) in [4.78, 5) is 0. The normalized spacial score (nSPS) is 22.8. The maximum absolute atomic E-state index is 3.97. The molecule has 0 aliphatic heterocycles. The zero-order valence-corrected chi connectivity index (χ0v) is 5.45. The Morgan fingerprint density at radius 3 is 1.88 bits per heavy atom. The SMILES string of the molecule is C=C1CCCCCC1. The van der Waals surface area contributed by atoms with Crippen LogP contribution >= 0.6 is 0 Å². The highest BCUT2D eigenvalue weighted by atomic mass is 14.1. The lowest BCUT2D eigenvalue weighted by Crippen LogP contribution is -1.74. The summed E-state index contributed by atoms with van der Waals surface area (Å²) in [7, 11) is 0. The summed E-state index contributed by atoms with van der Waals surface area (Å²) in [5, 5.41) is 0. The van der Waals surface area contributed by atoms with Gasteiger partial charge in [0.15, 0.2) is 0 Å². The number of hydrogen-bond acceptors (Lipinski definition) is 0. The molecule has 1 saturated carbocycles. The number of allylic oxidation sites excluding steroid dienone is 1. The lowest BCUT2D eigenvalue weighted by Gasteiger charge is -1.94. The topological polar surface area (TPSA) is 0 Å². The third-order valence-electron chi connectivity index (χ3n) is 1.81. The largest absolute Gasteiger partial charge is 0.0999 e. The Morgan fingerprint density at radius 2 is 1.38 bits per heavy atom. The summed E-state index contributed by atoms with van der Waals surface area (Å²) in [5.41, 5.74) is 1.47. The molecular formula is C8H14. The van der Waals surface area contributed by atoms with Crippen LogP contribution in [0.15, 0.2) is 12.2 Å². The van der Waals surface area contributed by atoms with E-state index in [2.05, 4.69) is 6.58 Å². The third-order valence-corrected chi connectivity index (χ3v) is 1.81. The van der Waals surface area contributed by atoms with Gasteiger partial charge in [-0.05, 0) is 25.7 Å². The molecule has 0 aromatic heterocycles. The van der Waals surface area contributed by atoms with Crippen molar-refractivity contribution < 1.29 is 0 Å². The standard InChI is InChI=1S/C8H14/c1-8-6-4-2-3-5-7-8/h1-7H2. The average Bonchev–Trinajstić information content (AvgIpc) is 1.94. The van der Waals surface area contributed by atoms with Crippen LogP contribution in [-0.4, -0.2) is 0 Å². The minimum absolute atomic E-state index is 1.29. The van der Waals surface area contributed by atoms with Gasteiger partial charge in [-0.25, -0.2) is 0 Å². The van der Waals surface area contributed by atoms with Crippen LogP contribution in [0.3, 0.4) is 0 Å². The predicted octanol–water partition coefficient (Wildman–Crippen LogP) is 2.90. The molecule has 1 rings (SSSR count). The van der Waals surface area contributed by atoms with Crippen LogP contribution in [0.5, 0.6) is 0 Å². The third kappa shape index (κ3) is 1.69. The molecule has 0 amide bonds. The zero-order chi connectivity index (χ0) is 5.82. The van der Waals surface area contributed by atoms with Gasteiger partial charge in [0.05, 0.1) is 0 Å². The molecule has 0 unspecified atom stereocenters. The van der Waals surface area contributed by atoms with E-state index in [9.17, 15) is 0 Å². The van der Waals surface area contributed by atoms with Gasteiger partial charge in [-0.15, -0.1) is 0 Å². The van der Waals surface area contributed by atoms with Gasteiger partial charge >= 0.3 is 0 Å². The lowest BCUT2D eigenvalue weighted by atomic mass is 10.1. The van der Waals surface area contributed by atoms with Crippen LogP contribution < -0.4 is 0 Å². The van der Waals surface area contributed by atoms with E-state index in [1.165, 1.54) is 44.1 Å². The molecule has 0 heteroatoms. The van der Waals surface area contributed by atoms with Gasteiger partial charge in [0, 0.05) is 0 Å². The van der Waals surface area contributed by atoms with Crippen LogP contribution in [0.1, 0.15) is 38.5 Å². The molecule has 0 aromatic carbocycles. The second-order valence-electron chi connectivity index (χ2n) is 2.66. The monoisotopic (exact) mass is 110 g/mol. The van der Waals surface area contributed by atoms with Gasteiger partial charge in [0.25, 0.3) is 0 Å². The van der Waals surface area contributed by atoms with E-state index in [1.54, 1.807) is 0 Å². The van der Waals surface area contributed by atoms with E-state index >= 15 is 0 Å². The van der Waals surface area contributed by atoms with Crippen molar-refractivity contribution >= 4 is 0 Å². The zero-order valence-electron chi connectivity index (χ0n) is 5.45. The molecule has 1 fully saturated rings. The maximum atomic E-state index is 3.97. The van der Waals surface area contributed by atoms with E-state index in [4.69, 9.17) is 0 Å². The van der Waals surface area contributed by atoms with Gasteiger partial charge in [0.1, 0.15) is 0 Å². The van der Waals surface area contributed by atoms with Crippen molar-refractivity contribution in [3.05, 3.63) is 12.2 Å². The van der Waals surface area contributed by atoms with Crippen molar-refractivity contribution in [3.8, 4) is 0 Å². The molecule has 0 heterocycles. The summed E-state index contributed by atoms with van der Waals surface area (Å²) < 4.78 is 0. The first kappa shape index (κ1) is 5.87. The number of hydrogen-bond donors (Lipinski definition) is 0. The Hall–Kier alpha value is -0.260. The van der Waals surface area contributed by atoms with E-state index < -0.39 is 0 Å². The summed E-state index contributed by atoms with van der Waals surface area (Å²) >= 11 is 0. The first-order chi connectivity index (χ1) is 3.89. The molecular weight excluding hydrogens is 96.1 g/mol. The fourth-order valence-electron chi connectivity index (χ4n) is 1.23. The Balaban J connectivity index is 2.27. The molecule has 1 aliphatic carbocycles. The van der Waals surface area contributed by atoms with Crippen molar-refractivity contribution in [3.63, 3.8) is 0 Å².